The van der Waals surface area contributed by atoms with Crippen LogP contribution in [-0.2, 0) is 0 Å². The molecule has 1 rings (SSSR count). The van der Waals surface area contributed by atoms with Gasteiger partial charge >= 0.3 is 0 Å². The summed E-state index contributed by atoms with van der Waals surface area (Å²) in [6, 6.07) is 3.90. The lowest BCUT2D eigenvalue weighted by Crippen LogP contribution is -2.30. The van der Waals surface area contributed by atoms with Gasteiger partial charge in [-0.25, -0.2) is 0 Å². The highest BCUT2D eigenvalue weighted by Gasteiger charge is 2.11. The molecule has 2 N–H and O–H groups in total. The van der Waals surface area contributed by atoms with Crippen molar-refractivity contribution in [3.05, 3.63) is 24.5 Å². The second kappa shape index (κ2) is 4.82. The maximum absolute atomic E-state index is 9.40. The molecule has 2 atom stereocenters. The molecule has 0 bridgehead atoms. The number of aliphatic hydroxyl groups excluding tert-OH is 1. The van der Waals surface area contributed by atoms with Crippen LogP contribution in [0.1, 0.15) is 20.3 Å². The van der Waals surface area contributed by atoms with Gasteiger partial charge < -0.3 is 10.4 Å². The first-order valence-electron chi connectivity index (χ1n) is 4.58. The van der Waals surface area contributed by atoms with Crippen molar-refractivity contribution in [3.63, 3.8) is 0 Å². The smallest absolute Gasteiger partial charge is 0.0712 e. The van der Waals surface area contributed by atoms with Crippen LogP contribution in [0.5, 0.6) is 0 Å². The van der Waals surface area contributed by atoms with Gasteiger partial charge in [-0.3, -0.25) is 4.98 Å². The van der Waals surface area contributed by atoms with Gasteiger partial charge in [-0.15, -0.1) is 0 Å². The molecule has 3 heteroatoms. The van der Waals surface area contributed by atoms with Crippen molar-refractivity contribution in [3.8, 4) is 0 Å². The molecule has 0 fully saturated rings. The molecule has 1 aromatic heterocycles. The van der Waals surface area contributed by atoms with Crippen LogP contribution in [0.2, 0.25) is 0 Å². The first-order chi connectivity index (χ1) is 6.24. The summed E-state index contributed by atoms with van der Waals surface area (Å²) in [5.41, 5.74) is 1.00. The Labute approximate surface area is 78.8 Å². The predicted molar refractivity (Wildman–Crippen MR) is 53.6 cm³/mol. The number of aromatic nitrogens is 1. The highest BCUT2D eigenvalue weighted by atomic mass is 16.3. The Hall–Kier alpha value is -1.09. The Bertz CT molecular complexity index is 236. The monoisotopic (exact) mass is 180 g/mol. The molecule has 72 valence electrons. The van der Waals surface area contributed by atoms with Gasteiger partial charge in [0.15, 0.2) is 0 Å². The Morgan fingerprint density at radius 2 is 2.08 bits per heavy atom. The Balaban J connectivity index is 2.57. The molecule has 2 unspecified atom stereocenters. The number of nitrogens with zero attached hydrogens (tertiary/aromatic N) is 1. The summed E-state index contributed by atoms with van der Waals surface area (Å²) in [6.45, 7) is 3.84. The summed E-state index contributed by atoms with van der Waals surface area (Å²) in [6.07, 6.45) is 4.03. The Morgan fingerprint density at radius 3 is 2.54 bits per heavy atom. The van der Waals surface area contributed by atoms with E-state index < -0.39 is 0 Å². The fourth-order valence-corrected chi connectivity index (χ4v) is 1.23. The molecule has 0 amide bonds. The van der Waals surface area contributed by atoms with E-state index in [1.54, 1.807) is 19.3 Å². The van der Waals surface area contributed by atoms with Crippen LogP contribution in [0.25, 0.3) is 0 Å². The molecule has 13 heavy (non-hydrogen) atoms. The first-order valence-corrected chi connectivity index (χ1v) is 4.58. The normalized spacial score (nSPS) is 15.0. The van der Waals surface area contributed by atoms with Crippen LogP contribution in [0.3, 0.4) is 0 Å². The van der Waals surface area contributed by atoms with Crippen molar-refractivity contribution in [1.82, 2.24) is 4.98 Å². The summed E-state index contributed by atoms with van der Waals surface area (Å²) in [5.74, 6) is 0. The van der Waals surface area contributed by atoms with Crippen molar-refractivity contribution >= 4 is 5.69 Å². The van der Waals surface area contributed by atoms with Gasteiger partial charge in [-0.1, -0.05) is 6.92 Å². The van der Waals surface area contributed by atoms with Crippen LogP contribution in [0, 0.1) is 0 Å². The first kappa shape index (κ1) is 9.99. The SMILES string of the molecule is CCC(Nc1ccncc1)C(C)O. The van der Waals surface area contributed by atoms with Gasteiger partial charge in [0.1, 0.15) is 0 Å². The topological polar surface area (TPSA) is 45.2 Å². The van der Waals surface area contributed by atoms with E-state index in [0.29, 0.717) is 0 Å². The van der Waals surface area contributed by atoms with E-state index in [-0.39, 0.29) is 12.1 Å². The molecule has 1 heterocycles. The van der Waals surface area contributed by atoms with Crippen molar-refractivity contribution in [2.24, 2.45) is 0 Å². The predicted octanol–water partition coefficient (Wildman–Crippen LogP) is 1.65. The second-order valence-electron chi connectivity index (χ2n) is 3.14. The van der Waals surface area contributed by atoms with Crippen molar-refractivity contribution in [2.75, 3.05) is 5.32 Å². The third-order valence-electron chi connectivity index (χ3n) is 2.05. The number of hydrogen-bond donors (Lipinski definition) is 2. The molecule has 0 aliphatic heterocycles. The number of anilines is 1. The van der Waals surface area contributed by atoms with E-state index in [4.69, 9.17) is 0 Å². The highest BCUT2D eigenvalue weighted by Crippen LogP contribution is 2.09. The van der Waals surface area contributed by atoms with Crippen LogP contribution in [0.4, 0.5) is 5.69 Å². The fourth-order valence-electron chi connectivity index (χ4n) is 1.23. The molecule has 0 aromatic carbocycles. The zero-order chi connectivity index (χ0) is 9.68. The van der Waals surface area contributed by atoms with Gasteiger partial charge in [-0.2, -0.15) is 0 Å². The third kappa shape index (κ3) is 3.03. The average Bonchev–Trinajstić information content (AvgIpc) is 2.15. The van der Waals surface area contributed by atoms with Gasteiger partial charge in [0.2, 0.25) is 0 Å². The summed E-state index contributed by atoms with van der Waals surface area (Å²) in [4.78, 5) is 3.92. The zero-order valence-electron chi connectivity index (χ0n) is 8.07. The van der Waals surface area contributed by atoms with Gasteiger partial charge in [-0.05, 0) is 25.5 Å². The lowest BCUT2D eigenvalue weighted by molar-refractivity contribution is 0.169. The molecular formula is C10H16N2O. The van der Waals surface area contributed by atoms with Crippen molar-refractivity contribution in [1.29, 1.82) is 0 Å². The molecule has 0 spiro atoms. The molecule has 1 aromatic rings. The van der Waals surface area contributed by atoms with Gasteiger partial charge in [0.05, 0.1) is 12.1 Å². The summed E-state index contributed by atoms with van der Waals surface area (Å²) in [5, 5.41) is 12.6. The standard InChI is InChI=1S/C10H16N2O/c1-3-10(8(2)13)12-9-4-6-11-7-5-9/h4-8,10,13H,3H2,1-2H3,(H,11,12). The molecule has 0 aliphatic rings. The Morgan fingerprint density at radius 1 is 1.46 bits per heavy atom. The Kier molecular flexibility index (Phi) is 3.71. The quantitative estimate of drug-likeness (QED) is 0.740. The van der Waals surface area contributed by atoms with E-state index in [2.05, 4.69) is 10.3 Å². The largest absolute Gasteiger partial charge is 0.391 e. The van der Waals surface area contributed by atoms with E-state index in [1.807, 2.05) is 19.1 Å². The maximum Gasteiger partial charge on any atom is 0.0712 e. The molecule has 0 aliphatic carbocycles. The number of hydrogen-bond acceptors (Lipinski definition) is 3. The van der Waals surface area contributed by atoms with E-state index in [9.17, 15) is 5.11 Å². The second-order valence-corrected chi connectivity index (χ2v) is 3.14. The van der Waals surface area contributed by atoms with Crippen molar-refractivity contribution in [2.45, 2.75) is 32.4 Å². The zero-order valence-corrected chi connectivity index (χ0v) is 8.07. The molecule has 0 radical (unpaired) electrons. The number of nitrogens with one attached hydrogen (secondary N) is 1. The molecule has 0 saturated carbocycles. The number of aliphatic hydroxyl groups is 1. The summed E-state index contributed by atoms with van der Waals surface area (Å²) < 4.78 is 0. The minimum absolute atomic E-state index is 0.113. The number of rotatable bonds is 4. The minimum Gasteiger partial charge on any atom is -0.391 e. The van der Waals surface area contributed by atoms with Gasteiger partial charge in [0.25, 0.3) is 0 Å². The van der Waals surface area contributed by atoms with Crippen LogP contribution >= 0.6 is 0 Å². The van der Waals surface area contributed by atoms with Crippen LogP contribution < -0.4 is 5.32 Å². The van der Waals surface area contributed by atoms with E-state index >= 15 is 0 Å². The number of pyridine rings is 1. The summed E-state index contributed by atoms with van der Waals surface area (Å²) >= 11 is 0. The van der Waals surface area contributed by atoms with E-state index in [1.165, 1.54) is 0 Å². The van der Waals surface area contributed by atoms with Crippen LogP contribution in [0.15, 0.2) is 24.5 Å². The lowest BCUT2D eigenvalue weighted by Gasteiger charge is -2.20. The van der Waals surface area contributed by atoms with Crippen LogP contribution in [-0.4, -0.2) is 22.2 Å². The molecule has 3 nitrogen and oxygen atoms in total. The fraction of sp³-hybridized carbons (Fsp3) is 0.500. The maximum atomic E-state index is 9.40. The third-order valence-corrected chi connectivity index (χ3v) is 2.05. The van der Waals surface area contributed by atoms with Gasteiger partial charge in [0, 0.05) is 18.1 Å². The average molecular weight is 180 g/mol. The van der Waals surface area contributed by atoms with E-state index in [0.717, 1.165) is 12.1 Å². The molecule has 0 saturated heterocycles. The summed E-state index contributed by atoms with van der Waals surface area (Å²) in [7, 11) is 0. The van der Waals surface area contributed by atoms with Crippen molar-refractivity contribution < 1.29 is 5.11 Å². The highest BCUT2D eigenvalue weighted by molar-refractivity contribution is 5.41. The minimum atomic E-state index is -0.335. The lowest BCUT2D eigenvalue weighted by atomic mass is 10.1. The molecular weight excluding hydrogens is 164 g/mol.